The Morgan fingerprint density at radius 2 is 2.03 bits per heavy atom. The van der Waals surface area contributed by atoms with Crippen LogP contribution in [0.25, 0.3) is 20.7 Å². The number of aryl methyl sites for hydroxylation is 1. The Morgan fingerprint density at radius 3 is 2.66 bits per heavy atom. The number of aromatic nitrogens is 2. The number of fused-ring (bicyclic) bond motifs is 1. The number of thiophene rings is 1. The third-order valence-corrected chi connectivity index (χ3v) is 9.21. The lowest BCUT2D eigenvalue weighted by atomic mass is 10.1. The molecule has 3 aromatic rings. The van der Waals surface area contributed by atoms with Gasteiger partial charge in [0.05, 0.1) is 23.2 Å². The van der Waals surface area contributed by atoms with Crippen LogP contribution >= 0.6 is 11.3 Å². The lowest BCUT2D eigenvalue weighted by molar-refractivity contribution is -0.136. The van der Waals surface area contributed by atoms with Crippen LogP contribution in [0.15, 0.2) is 41.5 Å². The lowest BCUT2D eigenvalue weighted by Gasteiger charge is -2.33. The average Bonchev–Trinajstić information content (AvgIpc) is 3.30. The minimum absolute atomic E-state index is 0.0145. The van der Waals surface area contributed by atoms with Crippen LogP contribution in [-0.4, -0.2) is 52.4 Å². The van der Waals surface area contributed by atoms with Gasteiger partial charge in [0.25, 0.3) is 5.56 Å². The van der Waals surface area contributed by atoms with Crippen LogP contribution in [0.1, 0.15) is 32.3 Å². The molecular formula is C23H27N3O4S2. The summed E-state index contributed by atoms with van der Waals surface area (Å²) in [6, 6.07) is 9.40. The predicted molar refractivity (Wildman–Crippen MR) is 128 cm³/mol. The summed E-state index contributed by atoms with van der Waals surface area (Å²) in [7, 11) is -3.13. The normalized spacial score (nSPS) is 18.7. The van der Waals surface area contributed by atoms with Gasteiger partial charge in [-0.2, -0.15) is 0 Å². The van der Waals surface area contributed by atoms with E-state index in [-0.39, 0.29) is 41.6 Å². The molecule has 0 bridgehead atoms. The van der Waals surface area contributed by atoms with E-state index in [2.05, 4.69) is 4.98 Å². The number of amides is 1. The Hall–Kier alpha value is -2.52. The van der Waals surface area contributed by atoms with E-state index in [1.54, 1.807) is 4.90 Å². The number of nitrogens with zero attached hydrogens (tertiary/aromatic N) is 3. The molecule has 1 saturated heterocycles. The number of sulfone groups is 1. The zero-order valence-electron chi connectivity index (χ0n) is 18.4. The molecule has 9 heteroatoms. The van der Waals surface area contributed by atoms with Gasteiger partial charge in [-0.05, 0) is 37.8 Å². The van der Waals surface area contributed by atoms with Crippen molar-refractivity contribution < 1.29 is 13.2 Å². The van der Waals surface area contributed by atoms with Gasteiger partial charge in [-0.25, -0.2) is 13.4 Å². The Morgan fingerprint density at radius 1 is 1.31 bits per heavy atom. The van der Waals surface area contributed by atoms with Crippen molar-refractivity contribution in [3.8, 4) is 10.4 Å². The van der Waals surface area contributed by atoms with Gasteiger partial charge in [-0.3, -0.25) is 14.2 Å². The Bertz CT molecular complexity index is 1310. The summed E-state index contributed by atoms with van der Waals surface area (Å²) in [5.74, 6) is -0.165. The summed E-state index contributed by atoms with van der Waals surface area (Å²) in [5.41, 5.74) is 1.64. The Kier molecular flexibility index (Phi) is 6.22. The minimum Gasteiger partial charge on any atom is -0.334 e. The van der Waals surface area contributed by atoms with Crippen LogP contribution in [0.2, 0.25) is 0 Å². The molecule has 0 aliphatic carbocycles. The number of rotatable bonds is 6. The maximum absolute atomic E-state index is 13.3. The number of carbonyl (C=O) groups is 1. The standard InChI is InChI=1S/C23H27N3O4S2/c1-4-15(2)26(18-10-11-32(29,30)13-18)19(27)12-25-14-24-22-20(23(25)28)16(3)21(31-22)17-8-6-5-7-9-17/h5-9,14-15,18H,4,10-13H2,1-3H3. The number of benzene rings is 1. The number of carbonyl (C=O) groups excluding carboxylic acids is 1. The predicted octanol–water partition coefficient (Wildman–Crippen LogP) is 3.25. The van der Waals surface area contributed by atoms with E-state index in [1.807, 2.05) is 51.1 Å². The van der Waals surface area contributed by atoms with Gasteiger partial charge >= 0.3 is 0 Å². The lowest BCUT2D eigenvalue weighted by Crippen LogP contribution is -2.48. The highest BCUT2D eigenvalue weighted by Gasteiger charge is 2.36. The van der Waals surface area contributed by atoms with Gasteiger partial charge in [0.1, 0.15) is 11.4 Å². The third-order valence-electron chi connectivity index (χ3n) is 6.21. The zero-order chi connectivity index (χ0) is 23.0. The first-order chi connectivity index (χ1) is 15.2. The molecule has 1 aliphatic heterocycles. The van der Waals surface area contributed by atoms with E-state index in [9.17, 15) is 18.0 Å². The number of hydrogen-bond acceptors (Lipinski definition) is 6. The molecule has 0 N–H and O–H groups in total. The van der Waals surface area contributed by atoms with Crippen molar-refractivity contribution >= 4 is 37.3 Å². The summed E-state index contributed by atoms with van der Waals surface area (Å²) in [6.07, 6.45) is 2.57. The van der Waals surface area contributed by atoms with E-state index < -0.39 is 9.84 Å². The first-order valence-electron chi connectivity index (χ1n) is 10.8. The van der Waals surface area contributed by atoms with Crippen LogP contribution < -0.4 is 5.56 Å². The first-order valence-corrected chi connectivity index (χ1v) is 13.4. The molecule has 2 unspecified atom stereocenters. The van der Waals surface area contributed by atoms with Crippen LogP contribution in [0, 0.1) is 6.92 Å². The fourth-order valence-corrected chi connectivity index (χ4v) is 7.22. The molecule has 0 saturated carbocycles. The second-order valence-corrected chi connectivity index (χ2v) is 11.6. The fraction of sp³-hybridized carbons (Fsp3) is 0.435. The maximum Gasteiger partial charge on any atom is 0.262 e. The van der Waals surface area contributed by atoms with E-state index in [0.29, 0.717) is 23.1 Å². The monoisotopic (exact) mass is 473 g/mol. The molecule has 1 aromatic carbocycles. The zero-order valence-corrected chi connectivity index (χ0v) is 20.1. The Labute approximate surface area is 191 Å². The van der Waals surface area contributed by atoms with E-state index in [1.165, 1.54) is 22.2 Å². The van der Waals surface area contributed by atoms with Crippen molar-refractivity contribution in [2.24, 2.45) is 0 Å². The molecule has 0 spiro atoms. The van der Waals surface area contributed by atoms with Crippen molar-refractivity contribution in [1.29, 1.82) is 0 Å². The van der Waals surface area contributed by atoms with Gasteiger partial charge in [-0.1, -0.05) is 37.3 Å². The van der Waals surface area contributed by atoms with Crippen LogP contribution in [-0.2, 0) is 21.2 Å². The van der Waals surface area contributed by atoms with E-state index in [4.69, 9.17) is 0 Å². The second-order valence-electron chi connectivity index (χ2n) is 8.40. The molecule has 1 fully saturated rings. The van der Waals surface area contributed by atoms with Gasteiger partial charge in [-0.15, -0.1) is 11.3 Å². The third kappa shape index (κ3) is 4.23. The first kappa shape index (κ1) is 22.7. The van der Waals surface area contributed by atoms with E-state index in [0.717, 1.165) is 16.0 Å². The van der Waals surface area contributed by atoms with Crippen molar-refractivity contribution in [3.05, 3.63) is 52.6 Å². The molecule has 2 aromatic heterocycles. The molecule has 32 heavy (non-hydrogen) atoms. The molecule has 4 rings (SSSR count). The molecular weight excluding hydrogens is 446 g/mol. The van der Waals surface area contributed by atoms with Crippen LogP contribution in [0.5, 0.6) is 0 Å². The molecule has 7 nitrogen and oxygen atoms in total. The second kappa shape index (κ2) is 8.78. The van der Waals surface area contributed by atoms with Crippen molar-refractivity contribution in [3.63, 3.8) is 0 Å². The van der Waals surface area contributed by atoms with Gasteiger partial charge in [0.15, 0.2) is 9.84 Å². The maximum atomic E-state index is 13.3. The highest BCUT2D eigenvalue weighted by molar-refractivity contribution is 7.91. The molecule has 2 atom stereocenters. The van der Waals surface area contributed by atoms with Gasteiger partial charge in [0.2, 0.25) is 5.91 Å². The summed E-state index contributed by atoms with van der Waals surface area (Å²) >= 11 is 1.47. The van der Waals surface area contributed by atoms with Crippen LogP contribution in [0.4, 0.5) is 0 Å². The van der Waals surface area contributed by atoms with Crippen LogP contribution in [0.3, 0.4) is 0 Å². The summed E-state index contributed by atoms with van der Waals surface area (Å²) in [4.78, 5) is 34.3. The SMILES string of the molecule is CCC(C)N(C(=O)Cn1cnc2sc(-c3ccccc3)c(C)c2c1=O)C1CCS(=O)(=O)C1. The van der Waals surface area contributed by atoms with Crippen molar-refractivity contribution in [2.75, 3.05) is 11.5 Å². The highest BCUT2D eigenvalue weighted by Crippen LogP contribution is 2.35. The van der Waals surface area contributed by atoms with E-state index >= 15 is 0 Å². The number of hydrogen-bond donors (Lipinski definition) is 0. The quantitative estimate of drug-likeness (QED) is 0.548. The summed E-state index contributed by atoms with van der Waals surface area (Å²) in [5, 5.41) is 0.530. The largest absolute Gasteiger partial charge is 0.334 e. The summed E-state index contributed by atoms with van der Waals surface area (Å²) in [6.45, 7) is 5.64. The average molecular weight is 474 g/mol. The van der Waals surface area contributed by atoms with Gasteiger partial charge < -0.3 is 4.90 Å². The van der Waals surface area contributed by atoms with Crippen molar-refractivity contribution in [2.45, 2.75) is 52.2 Å². The highest BCUT2D eigenvalue weighted by atomic mass is 32.2. The molecule has 1 amide bonds. The Balaban J connectivity index is 1.67. The molecule has 1 aliphatic rings. The molecule has 3 heterocycles. The smallest absolute Gasteiger partial charge is 0.262 e. The minimum atomic E-state index is -3.13. The fourth-order valence-electron chi connectivity index (χ4n) is 4.36. The topological polar surface area (TPSA) is 89.3 Å². The molecule has 170 valence electrons. The van der Waals surface area contributed by atoms with Gasteiger partial charge in [0, 0.05) is 17.0 Å². The van der Waals surface area contributed by atoms with Crippen molar-refractivity contribution in [1.82, 2.24) is 14.5 Å². The summed E-state index contributed by atoms with van der Waals surface area (Å²) < 4.78 is 25.3. The molecule has 0 radical (unpaired) electrons.